The molecule has 94 valence electrons. The van der Waals surface area contributed by atoms with E-state index < -0.39 is 5.97 Å². The second kappa shape index (κ2) is 5.54. The minimum absolute atomic E-state index is 0.357. The minimum Gasteiger partial charge on any atom is -0.478 e. The van der Waals surface area contributed by atoms with Crippen molar-refractivity contribution in [2.75, 3.05) is 6.26 Å². The molecule has 2 rings (SSSR count). The highest BCUT2D eigenvalue weighted by Gasteiger charge is 2.16. The van der Waals surface area contributed by atoms with Gasteiger partial charge in [-0.2, -0.15) is 0 Å². The van der Waals surface area contributed by atoms with Gasteiger partial charge in [-0.05, 0) is 31.4 Å². The summed E-state index contributed by atoms with van der Waals surface area (Å²) in [6, 6.07) is 7.36. The van der Waals surface area contributed by atoms with Crippen molar-refractivity contribution in [3.63, 3.8) is 0 Å². The Morgan fingerprint density at radius 2 is 1.94 bits per heavy atom. The van der Waals surface area contributed by atoms with Crippen LogP contribution in [0.5, 0.6) is 0 Å². The van der Waals surface area contributed by atoms with E-state index in [0.29, 0.717) is 5.56 Å². The van der Waals surface area contributed by atoms with Crippen LogP contribution in [0.2, 0.25) is 0 Å². The summed E-state index contributed by atoms with van der Waals surface area (Å²) < 4.78 is 5.22. The average molecular weight is 280 g/mol. The zero-order valence-electron chi connectivity index (χ0n) is 9.97. The molecule has 0 bridgehead atoms. The van der Waals surface area contributed by atoms with Gasteiger partial charge in [0.05, 0.1) is 16.7 Å². The third-order valence-corrected chi connectivity index (χ3v) is 4.44. The summed E-state index contributed by atoms with van der Waals surface area (Å²) >= 11 is 2.85. The molecular formula is C13H12O3S2. The molecule has 0 atom stereocenters. The smallest absolute Gasteiger partial charge is 0.337 e. The first-order valence-electron chi connectivity index (χ1n) is 5.25. The van der Waals surface area contributed by atoms with Crippen LogP contribution in [0.1, 0.15) is 16.1 Å². The molecule has 0 aliphatic heterocycles. The summed E-state index contributed by atoms with van der Waals surface area (Å²) in [5, 5.41) is 9.33. The minimum atomic E-state index is -0.899. The Balaban J connectivity index is 2.44. The van der Waals surface area contributed by atoms with Crippen LogP contribution >= 0.6 is 23.5 Å². The summed E-state index contributed by atoms with van der Waals surface area (Å²) in [4.78, 5) is 13.8. The van der Waals surface area contributed by atoms with Crippen LogP contribution in [0.15, 0.2) is 49.6 Å². The molecule has 0 spiro atoms. The van der Waals surface area contributed by atoms with Crippen molar-refractivity contribution in [2.45, 2.75) is 21.6 Å². The van der Waals surface area contributed by atoms with Crippen molar-refractivity contribution >= 4 is 29.5 Å². The number of hydrogen-bond donors (Lipinski definition) is 1. The maximum absolute atomic E-state index is 11.4. The van der Waals surface area contributed by atoms with E-state index in [-0.39, 0.29) is 0 Å². The Bertz CT molecular complexity index is 575. The lowest BCUT2D eigenvalue weighted by molar-refractivity contribution is 0.0689. The largest absolute Gasteiger partial charge is 0.478 e. The number of carboxylic acid groups (broad SMARTS) is 1. The first kappa shape index (κ1) is 13.1. The lowest BCUT2D eigenvalue weighted by atomic mass is 10.2. The molecule has 1 heterocycles. The molecule has 0 saturated carbocycles. The monoisotopic (exact) mass is 280 g/mol. The third kappa shape index (κ3) is 2.57. The van der Waals surface area contributed by atoms with Gasteiger partial charge in [-0.1, -0.05) is 17.8 Å². The van der Waals surface area contributed by atoms with Crippen molar-refractivity contribution in [3.8, 4) is 0 Å². The lowest BCUT2D eigenvalue weighted by Crippen LogP contribution is -2.01. The van der Waals surface area contributed by atoms with Crippen molar-refractivity contribution < 1.29 is 14.3 Å². The van der Waals surface area contributed by atoms with Crippen molar-refractivity contribution in [1.82, 2.24) is 0 Å². The van der Waals surface area contributed by atoms with E-state index in [1.165, 1.54) is 23.5 Å². The van der Waals surface area contributed by atoms with Gasteiger partial charge in [0.1, 0.15) is 5.76 Å². The van der Waals surface area contributed by atoms with Gasteiger partial charge in [-0.25, -0.2) is 4.79 Å². The number of hydrogen-bond acceptors (Lipinski definition) is 4. The summed E-state index contributed by atoms with van der Waals surface area (Å²) in [7, 11) is 0. The van der Waals surface area contributed by atoms with Crippen molar-refractivity contribution in [3.05, 3.63) is 41.9 Å². The third-order valence-electron chi connectivity index (χ3n) is 2.45. The summed E-state index contributed by atoms with van der Waals surface area (Å²) in [6.07, 6.45) is 3.48. The zero-order chi connectivity index (χ0) is 13.1. The molecule has 1 N–H and O–H groups in total. The van der Waals surface area contributed by atoms with E-state index >= 15 is 0 Å². The van der Waals surface area contributed by atoms with Gasteiger partial charge in [-0.15, -0.1) is 11.8 Å². The lowest BCUT2D eigenvalue weighted by Gasteiger charge is -2.08. The number of aromatic carboxylic acids is 1. The topological polar surface area (TPSA) is 50.4 Å². The Hall–Kier alpha value is -1.33. The molecule has 1 aromatic heterocycles. The van der Waals surface area contributed by atoms with E-state index in [9.17, 15) is 9.90 Å². The van der Waals surface area contributed by atoms with E-state index in [4.69, 9.17) is 4.42 Å². The molecule has 2 aromatic rings. The zero-order valence-corrected chi connectivity index (χ0v) is 11.6. The molecule has 0 saturated heterocycles. The fourth-order valence-corrected chi connectivity index (χ4v) is 3.25. The Morgan fingerprint density at radius 1 is 1.22 bits per heavy atom. The first-order chi connectivity index (χ1) is 8.63. The Labute approximate surface area is 114 Å². The van der Waals surface area contributed by atoms with Crippen LogP contribution in [-0.4, -0.2) is 17.3 Å². The molecule has 0 aliphatic rings. The maximum Gasteiger partial charge on any atom is 0.337 e. The molecule has 0 fully saturated rings. The van der Waals surface area contributed by atoms with E-state index in [1.807, 2.05) is 37.4 Å². The number of thioether (sulfide) groups is 1. The summed E-state index contributed by atoms with van der Waals surface area (Å²) in [6.45, 7) is 1.86. The fourth-order valence-electron chi connectivity index (χ4n) is 1.57. The highest BCUT2D eigenvalue weighted by atomic mass is 32.2. The second-order valence-electron chi connectivity index (χ2n) is 3.58. The number of rotatable bonds is 4. The normalized spacial score (nSPS) is 10.6. The van der Waals surface area contributed by atoms with Gasteiger partial charge in [0, 0.05) is 9.79 Å². The average Bonchev–Trinajstić information content (AvgIpc) is 2.74. The quantitative estimate of drug-likeness (QED) is 0.852. The predicted octanol–water partition coefficient (Wildman–Crippen LogP) is 4.16. The number of carboxylic acids is 1. The highest BCUT2D eigenvalue weighted by Crippen LogP contribution is 2.36. The molecule has 3 nitrogen and oxygen atoms in total. The maximum atomic E-state index is 11.4. The van der Waals surface area contributed by atoms with Gasteiger partial charge >= 0.3 is 5.97 Å². The van der Waals surface area contributed by atoms with E-state index in [1.54, 1.807) is 6.26 Å². The Kier molecular flexibility index (Phi) is 4.04. The first-order valence-corrected chi connectivity index (χ1v) is 7.30. The predicted molar refractivity (Wildman–Crippen MR) is 72.8 cm³/mol. The van der Waals surface area contributed by atoms with Crippen LogP contribution < -0.4 is 0 Å². The molecule has 0 aliphatic carbocycles. The molecule has 18 heavy (non-hydrogen) atoms. The van der Waals surface area contributed by atoms with Gasteiger partial charge < -0.3 is 9.52 Å². The standard InChI is InChI=1S/C13H12O3S2/c1-8-9(6-7-16-8)18-11-5-3-4-10(17-2)12(11)13(14)15/h3-7H,1-2H3,(H,14,15). The van der Waals surface area contributed by atoms with Gasteiger partial charge in [-0.3, -0.25) is 0 Å². The molecule has 1 aromatic carbocycles. The van der Waals surface area contributed by atoms with Crippen LogP contribution in [-0.2, 0) is 0 Å². The van der Waals surface area contributed by atoms with Crippen LogP contribution in [0, 0.1) is 6.92 Å². The molecule has 0 amide bonds. The number of aryl methyl sites for hydroxylation is 1. The number of carbonyl (C=O) groups is 1. The number of furan rings is 1. The van der Waals surface area contributed by atoms with Crippen molar-refractivity contribution in [1.29, 1.82) is 0 Å². The highest BCUT2D eigenvalue weighted by molar-refractivity contribution is 8.00. The summed E-state index contributed by atoms with van der Waals surface area (Å²) in [5.74, 6) is -0.102. The summed E-state index contributed by atoms with van der Waals surface area (Å²) in [5.41, 5.74) is 0.357. The van der Waals surface area contributed by atoms with Crippen LogP contribution in [0.25, 0.3) is 0 Å². The van der Waals surface area contributed by atoms with Crippen LogP contribution in [0.3, 0.4) is 0 Å². The van der Waals surface area contributed by atoms with Crippen molar-refractivity contribution in [2.24, 2.45) is 0 Å². The van der Waals surface area contributed by atoms with E-state index in [2.05, 4.69) is 0 Å². The Morgan fingerprint density at radius 3 is 2.50 bits per heavy atom. The van der Waals surface area contributed by atoms with E-state index in [0.717, 1.165) is 20.4 Å². The second-order valence-corrected chi connectivity index (χ2v) is 5.51. The molecule has 0 radical (unpaired) electrons. The van der Waals surface area contributed by atoms with Gasteiger partial charge in [0.15, 0.2) is 0 Å². The molecular weight excluding hydrogens is 268 g/mol. The molecule has 5 heteroatoms. The fraction of sp³-hybridized carbons (Fsp3) is 0.154. The van der Waals surface area contributed by atoms with Gasteiger partial charge in [0.25, 0.3) is 0 Å². The molecule has 0 unspecified atom stereocenters. The SMILES string of the molecule is CSc1cccc(Sc2ccoc2C)c1C(=O)O. The van der Waals surface area contributed by atoms with Crippen LogP contribution in [0.4, 0.5) is 0 Å². The van der Waals surface area contributed by atoms with Gasteiger partial charge in [0.2, 0.25) is 0 Å². The number of benzene rings is 1.